The molecule has 1 rings (SSSR count). The molecule has 0 fully saturated rings. The van der Waals surface area contributed by atoms with Crippen molar-refractivity contribution in [2.45, 2.75) is 13.3 Å². The van der Waals surface area contributed by atoms with E-state index in [1.165, 1.54) is 0 Å². The molecule has 0 bridgehead atoms. The first-order valence-corrected chi connectivity index (χ1v) is 4.26. The second kappa shape index (κ2) is 3.90. The Kier molecular flexibility index (Phi) is 2.86. The number of nitriles is 1. The van der Waals surface area contributed by atoms with Crippen LogP contribution in [0.5, 0.6) is 0 Å². The van der Waals surface area contributed by atoms with Gasteiger partial charge in [-0.2, -0.15) is 5.26 Å². The molecule has 0 aliphatic rings. The molecule has 0 amide bonds. The van der Waals surface area contributed by atoms with Crippen molar-refractivity contribution in [3.63, 3.8) is 0 Å². The van der Waals surface area contributed by atoms with Crippen LogP contribution in [-0.4, -0.2) is 19.1 Å². The second-order valence-corrected chi connectivity index (χ2v) is 3.01. The van der Waals surface area contributed by atoms with E-state index in [1.807, 2.05) is 32.0 Å². The van der Waals surface area contributed by atoms with E-state index in [-0.39, 0.29) is 0 Å². The minimum atomic E-state index is 0.690. The van der Waals surface area contributed by atoms with E-state index in [0.29, 0.717) is 5.56 Å². The number of aryl methyl sites for hydroxylation is 1. The van der Waals surface area contributed by atoms with Crippen molar-refractivity contribution in [2.75, 3.05) is 19.0 Å². The molecule has 68 valence electrons. The van der Waals surface area contributed by atoms with Crippen molar-refractivity contribution >= 4 is 5.69 Å². The molecule has 3 nitrogen and oxygen atoms in total. The molecule has 0 aliphatic heterocycles. The number of pyridine rings is 1. The van der Waals surface area contributed by atoms with E-state index in [1.54, 1.807) is 6.20 Å². The summed E-state index contributed by atoms with van der Waals surface area (Å²) in [5.74, 6) is 0. The van der Waals surface area contributed by atoms with Crippen LogP contribution >= 0.6 is 0 Å². The highest BCUT2D eigenvalue weighted by Crippen LogP contribution is 2.19. The summed E-state index contributed by atoms with van der Waals surface area (Å²) in [6, 6.07) is 4.05. The van der Waals surface area contributed by atoms with Crippen LogP contribution in [0.2, 0.25) is 0 Å². The maximum Gasteiger partial charge on any atom is 0.103 e. The van der Waals surface area contributed by atoms with Crippen LogP contribution in [0.4, 0.5) is 5.69 Å². The number of hydrogen-bond donors (Lipinski definition) is 0. The monoisotopic (exact) mass is 175 g/mol. The van der Waals surface area contributed by atoms with E-state index in [4.69, 9.17) is 5.26 Å². The third-order valence-electron chi connectivity index (χ3n) is 1.94. The van der Waals surface area contributed by atoms with E-state index < -0.39 is 0 Å². The lowest BCUT2D eigenvalue weighted by Gasteiger charge is -2.15. The summed E-state index contributed by atoms with van der Waals surface area (Å²) in [4.78, 5) is 6.09. The van der Waals surface area contributed by atoms with Gasteiger partial charge in [0.15, 0.2) is 0 Å². The quantitative estimate of drug-likeness (QED) is 0.685. The highest BCUT2D eigenvalue weighted by atomic mass is 15.1. The summed E-state index contributed by atoms with van der Waals surface area (Å²) in [5, 5.41) is 8.96. The molecule has 1 aromatic heterocycles. The minimum absolute atomic E-state index is 0.690. The van der Waals surface area contributed by atoms with Crippen LogP contribution in [0.15, 0.2) is 12.3 Å². The molecule has 0 radical (unpaired) electrons. The molecule has 0 unspecified atom stereocenters. The Morgan fingerprint density at radius 3 is 2.69 bits per heavy atom. The largest absolute Gasteiger partial charge is 0.376 e. The first-order valence-electron chi connectivity index (χ1n) is 4.26. The fourth-order valence-corrected chi connectivity index (χ4v) is 1.26. The van der Waals surface area contributed by atoms with Crippen molar-refractivity contribution in [1.82, 2.24) is 4.98 Å². The average molecular weight is 175 g/mol. The predicted molar refractivity (Wildman–Crippen MR) is 52.7 cm³/mol. The summed E-state index contributed by atoms with van der Waals surface area (Å²) in [5.41, 5.74) is 2.50. The van der Waals surface area contributed by atoms with Gasteiger partial charge in [-0.1, -0.05) is 6.92 Å². The zero-order valence-corrected chi connectivity index (χ0v) is 8.20. The molecule has 1 heterocycles. The second-order valence-electron chi connectivity index (χ2n) is 3.01. The number of rotatable bonds is 2. The summed E-state index contributed by atoms with van der Waals surface area (Å²) in [7, 11) is 3.85. The van der Waals surface area contributed by atoms with Crippen LogP contribution in [0, 0.1) is 11.3 Å². The maximum atomic E-state index is 8.96. The van der Waals surface area contributed by atoms with E-state index in [2.05, 4.69) is 11.1 Å². The Bertz CT molecular complexity index is 337. The topological polar surface area (TPSA) is 39.9 Å². The molecule has 0 atom stereocenters. The summed E-state index contributed by atoms with van der Waals surface area (Å²) in [6.07, 6.45) is 2.54. The number of hydrogen-bond acceptors (Lipinski definition) is 3. The van der Waals surface area contributed by atoms with Crippen molar-refractivity contribution in [3.8, 4) is 6.07 Å². The molecule has 0 aromatic carbocycles. The van der Waals surface area contributed by atoms with Crippen LogP contribution in [0.25, 0.3) is 0 Å². The average Bonchev–Trinajstić information content (AvgIpc) is 2.16. The van der Waals surface area contributed by atoms with Gasteiger partial charge in [0.25, 0.3) is 0 Å². The highest BCUT2D eigenvalue weighted by Gasteiger charge is 2.08. The molecule has 3 heteroatoms. The van der Waals surface area contributed by atoms with Gasteiger partial charge in [-0.05, 0) is 12.5 Å². The highest BCUT2D eigenvalue weighted by molar-refractivity contribution is 5.59. The molecule has 13 heavy (non-hydrogen) atoms. The van der Waals surface area contributed by atoms with Gasteiger partial charge in [0.2, 0.25) is 0 Å². The first-order chi connectivity index (χ1) is 6.20. The number of nitrogens with zero attached hydrogens (tertiary/aromatic N) is 3. The van der Waals surface area contributed by atoms with Gasteiger partial charge >= 0.3 is 0 Å². The SMILES string of the molecule is CCc1nccc(N(C)C)c1C#N. The van der Waals surface area contributed by atoms with Crippen molar-refractivity contribution < 1.29 is 0 Å². The Morgan fingerprint density at radius 2 is 2.23 bits per heavy atom. The third kappa shape index (κ3) is 1.78. The third-order valence-corrected chi connectivity index (χ3v) is 1.94. The van der Waals surface area contributed by atoms with Gasteiger partial charge in [-0.15, -0.1) is 0 Å². The van der Waals surface area contributed by atoms with E-state index in [0.717, 1.165) is 17.8 Å². The van der Waals surface area contributed by atoms with Crippen LogP contribution in [0.1, 0.15) is 18.2 Å². The van der Waals surface area contributed by atoms with Gasteiger partial charge in [0.05, 0.1) is 16.9 Å². The molecule has 1 aromatic rings. The van der Waals surface area contributed by atoms with Gasteiger partial charge in [-0.25, -0.2) is 0 Å². The fraction of sp³-hybridized carbons (Fsp3) is 0.400. The Balaban J connectivity index is 3.29. The number of aromatic nitrogens is 1. The Labute approximate surface area is 78.6 Å². The molecular formula is C10H13N3. The molecule has 0 spiro atoms. The summed E-state index contributed by atoms with van der Waals surface area (Å²) in [6.45, 7) is 2.00. The zero-order chi connectivity index (χ0) is 9.84. The molecule has 0 saturated carbocycles. The number of anilines is 1. The smallest absolute Gasteiger partial charge is 0.103 e. The fourth-order valence-electron chi connectivity index (χ4n) is 1.26. The zero-order valence-electron chi connectivity index (χ0n) is 8.20. The van der Waals surface area contributed by atoms with E-state index in [9.17, 15) is 0 Å². The van der Waals surface area contributed by atoms with Gasteiger partial charge in [0, 0.05) is 20.3 Å². The molecule has 0 saturated heterocycles. The van der Waals surface area contributed by atoms with Gasteiger partial charge < -0.3 is 4.90 Å². The Hall–Kier alpha value is -1.56. The van der Waals surface area contributed by atoms with E-state index >= 15 is 0 Å². The molecular weight excluding hydrogens is 162 g/mol. The normalized spacial score (nSPS) is 9.38. The standard InChI is InChI=1S/C10H13N3/c1-4-9-8(7-11)10(13(2)3)5-6-12-9/h5-6H,4H2,1-3H3. The maximum absolute atomic E-state index is 8.96. The van der Waals surface area contributed by atoms with Gasteiger partial charge in [-0.3, -0.25) is 4.98 Å². The van der Waals surface area contributed by atoms with Gasteiger partial charge in [0.1, 0.15) is 6.07 Å². The summed E-state index contributed by atoms with van der Waals surface area (Å²) >= 11 is 0. The van der Waals surface area contributed by atoms with Crippen molar-refractivity contribution in [1.29, 1.82) is 5.26 Å². The van der Waals surface area contributed by atoms with Crippen molar-refractivity contribution in [3.05, 3.63) is 23.5 Å². The lowest BCUT2D eigenvalue weighted by molar-refractivity contribution is 1.01. The molecule has 0 aliphatic carbocycles. The van der Waals surface area contributed by atoms with Crippen LogP contribution < -0.4 is 4.90 Å². The lowest BCUT2D eigenvalue weighted by atomic mass is 10.1. The summed E-state index contributed by atoms with van der Waals surface area (Å²) < 4.78 is 0. The van der Waals surface area contributed by atoms with Crippen molar-refractivity contribution in [2.24, 2.45) is 0 Å². The first kappa shape index (κ1) is 9.53. The lowest BCUT2D eigenvalue weighted by Crippen LogP contribution is -2.12. The molecule has 0 N–H and O–H groups in total. The Morgan fingerprint density at radius 1 is 1.54 bits per heavy atom. The minimum Gasteiger partial charge on any atom is -0.376 e. The van der Waals surface area contributed by atoms with Crippen LogP contribution in [0.3, 0.4) is 0 Å². The van der Waals surface area contributed by atoms with Crippen LogP contribution in [-0.2, 0) is 6.42 Å². The predicted octanol–water partition coefficient (Wildman–Crippen LogP) is 1.58.